The van der Waals surface area contributed by atoms with Crippen LogP contribution in [-0.4, -0.2) is 61.2 Å². The van der Waals surface area contributed by atoms with Gasteiger partial charge in [-0.3, -0.25) is 14.9 Å². The highest BCUT2D eigenvalue weighted by Gasteiger charge is 2.30. The molecule has 0 N–H and O–H groups in total. The molecule has 9 nitrogen and oxygen atoms in total. The van der Waals surface area contributed by atoms with Crippen molar-refractivity contribution in [2.75, 3.05) is 32.8 Å². The molecule has 1 aliphatic heterocycles. The number of piperazine rings is 1. The van der Waals surface area contributed by atoms with Gasteiger partial charge < -0.3 is 9.64 Å². The summed E-state index contributed by atoms with van der Waals surface area (Å²) in [6.45, 7) is 0.967. The first-order valence-corrected chi connectivity index (χ1v) is 10.5. The molecule has 0 atom stereocenters. The van der Waals surface area contributed by atoms with Crippen molar-refractivity contribution in [2.24, 2.45) is 0 Å². The molecule has 0 bridgehead atoms. The van der Waals surface area contributed by atoms with Crippen molar-refractivity contribution in [3.63, 3.8) is 0 Å². The third-order valence-electron chi connectivity index (χ3n) is 4.59. The van der Waals surface area contributed by atoms with Crippen molar-refractivity contribution in [1.82, 2.24) is 9.21 Å². The van der Waals surface area contributed by atoms with E-state index in [2.05, 4.69) is 0 Å². The van der Waals surface area contributed by atoms with Gasteiger partial charge in [0.05, 0.1) is 16.4 Å². The average molecular weight is 419 g/mol. The summed E-state index contributed by atoms with van der Waals surface area (Å²) in [6.07, 6.45) is 0. The zero-order chi connectivity index (χ0) is 20.9. The van der Waals surface area contributed by atoms with E-state index in [1.54, 1.807) is 4.90 Å². The molecular weight excluding hydrogens is 398 g/mol. The maximum atomic E-state index is 12.7. The van der Waals surface area contributed by atoms with Crippen LogP contribution in [0, 0.1) is 10.1 Å². The summed E-state index contributed by atoms with van der Waals surface area (Å²) < 4.78 is 32.2. The highest BCUT2D eigenvalue weighted by molar-refractivity contribution is 7.89. The van der Waals surface area contributed by atoms with Gasteiger partial charge in [-0.25, -0.2) is 8.42 Å². The van der Waals surface area contributed by atoms with Gasteiger partial charge in [-0.1, -0.05) is 36.4 Å². The van der Waals surface area contributed by atoms with Crippen molar-refractivity contribution in [3.8, 4) is 0 Å². The Labute approximate surface area is 168 Å². The molecule has 1 aliphatic rings. The molecule has 2 aromatic carbocycles. The average Bonchev–Trinajstić information content (AvgIpc) is 2.74. The number of ether oxygens (including phenoxy) is 1. The molecule has 0 unspecified atom stereocenters. The van der Waals surface area contributed by atoms with Crippen LogP contribution in [0.25, 0.3) is 0 Å². The lowest BCUT2D eigenvalue weighted by molar-refractivity contribution is -0.385. The van der Waals surface area contributed by atoms with Gasteiger partial charge in [-0.2, -0.15) is 4.31 Å². The zero-order valence-corrected chi connectivity index (χ0v) is 16.5. The maximum Gasteiger partial charge on any atom is 0.270 e. The lowest BCUT2D eigenvalue weighted by Crippen LogP contribution is -2.51. The van der Waals surface area contributed by atoms with E-state index in [9.17, 15) is 23.3 Å². The Hall–Kier alpha value is -2.82. The normalized spacial score (nSPS) is 15.2. The fourth-order valence-electron chi connectivity index (χ4n) is 3.01. The molecule has 29 heavy (non-hydrogen) atoms. The van der Waals surface area contributed by atoms with Crippen molar-refractivity contribution in [3.05, 3.63) is 70.3 Å². The van der Waals surface area contributed by atoms with Gasteiger partial charge in [-0.05, 0) is 11.6 Å². The number of hydrogen-bond acceptors (Lipinski definition) is 6. The van der Waals surface area contributed by atoms with E-state index >= 15 is 0 Å². The van der Waals surface area contributed by atoms with Gasteiger partial charge in [-0.15, -0.1) is 0 Å². The molecule has 0 aromatic heterocycles. The highest BCUT2D eigenvalue weighted by Crippen LogP contribution is 2.22. The van der Waals surface area contributed by atoms with E-state index in [4.69, 9.17) is 4.74 Å². The van der Waals surface area contributed by atoms with Crippen LogP contribution >= 0.6 is 0 Å². The summed E-state index contributed by atoms with van der Waals surface area (Å²) in [5.41, 5.74) is 0.684. The minimum absolute atomic E-state index is 0.0769. The Morgan fingerprint density at radius 3 is 2.38 bits per heavy atom. The number of carbonyl (C=O) groups is 1. The topological polar surface area (TPSA) is 110 Å². The summed E-state index contributed by atoms with van der Waals surface area (Å²) in [6, 6.07) is 14.4. The Morgan fingerprint density at radius 1 is 1.03 bits per heavy atom. The fraction of sp³-hybridized carbons (Fsp3) is 0.316. The quantitative estimate of drug-likeness (QED) is 0.498. The van der Waals surface area contributed by atoms with Gasteiger partial charge in [0.25, 0.3) is 5.69 Å². The van der Waals surface area contributed by atoms with Gasteiger partial charge in [0.15, 0.2) is 0 Å². The van der Waals surface area contributed by atoms with E-state index in [1.165, 1.54) is 22.5 Å². The Kier molecular flexibility index (Phi) is 6.57. The summed E-state index contributed by atoms with van der Waals surface area (Å²) in [4.78, 5) is 24.0. The number of amides is 1. The third-order valence-corrected chi connectivity index (χ3v) is 6.49. The molecule has 1 amide bonds. The Bertz CT molecular complexity index is 972. The molecule has 1 fully saturated rings. The standard InChI is InChI=1S/C19H21N3O6S/c23-19(15-28-14-16-5-2-1-3-6-16)20-9-11-21(12-10-20)29(26,27)18-8-4-7-17(13-18)22(24)25/h1-8,13H,9-12,14-15H2. The minimum atomic E-state index is -3.86. The van der Waals surface area contributed by atoms with Crippen LogP contribution in [0.3, 0.4) is 0 Å². The van der Waals surface area contributed by atoms with Gasteiger partial charge in [0.1, 0.15) is 6.61 Å². The largest absolute Gasteiger partial charge is 0.367 e. The van der Waals surface area contributed by atoms with Gasteiger partial charge in [0, 0.05) is 38.3 Å². The first-order valence-electron chi connectivity index (χ1n) is 9.02. The molecule has 0 saturated carbocycles. The summed E-state index contributed by atoms with van der Waals surface area (Å²) in [7, 11) is -3.86. The van der Waals surface area contributed by atoms with Crippen LogP contribution < -0.4 is 0 Å². The number of nitro groups is 1. The number of rotatable bonds is 7. The summed E-state index contributed by atoms with van der Waals surface area (Å²) in [5.74, 6) is -0.201. The Balaban J connectivity index is 1.53. The molecule has 1 heterocycles. The predicted molar refractivity (Wildman–Crippen MR) is 105 cm³/mol. The van der Waals surface area contributed by atoms with E-state index in [1.807, 2.05) is 30.3 Å². The monoisotopic (exact) mass is 419 g/mol. The third kappa shape index (κ3) is 5.17. The van der Waals surface area contributed by atoms with Crippen LogP contribution in [-0.2, 0) is 26.2 Å². The highest BCUT2D eigenvalue weighted by atomic mass is 32.2. The zero-order valence-electron chi connectivity index (χ0n) is 15.6. The molecule has 10 heteroatoms. The number of hydrogen-bond donors (Lipinski definition) is 0. The van der Waals surface area contributed by atoms with E-state index in [-0.39, 0.29) is 49.3 Å². The first kappa shape index (κ1) is 20.9. The molecule has 3 rings (SSSR count). The molecule has 0 aliphatic carbocycles. The van der Waals surface area contributed by atoms with E-state index < -0.39 is 14.9 Å². The smallest absolute Gasteiger partial charge is 0.270 e. The van der Waals surface area contributed by atoms with Crippen molar-refractivity contribution in [2.45, 2.75) is 11.5 Å². The number of non-ortho nitro benzene ring substituents is 1. The van der Waals surface area contributed by atoms with Gasteiger partial charge >= 0.3 is 0 Å². The molecule has 1 saturated heterocycles. The van der Waals surface area contributed by atoms with Crippen LogP contribution in [0.1, 0.15) is 5.56 Å². The minimum Gasteiger partial charge on any atom is -0.367 e. The number of benzene rings is 2. The summed E-state index contributed by atoms with van der Waals surface area (Å²) >= 11 is 0. The Morgan fingerprint density at radius 2 is 1.72 bits per heavy atom. The summed E-state index contributed by atoms with van der Waals surface area (Å²) in [5, 5.41) is 10.9. The molecule has 0 spiro atoms. The lowest BCUT2D eigenvalue weighted by Gasteiger charge is -2.34. The van der Waals surface area contributed by atoms with Crippen molar-refractivity contribution >= 4 is 21.6 Å². The number of carbonyl (C=O) groups excluding carboxylic acids is 1. The first-order chi connectivity index (χ1) is 13.9. The van der Waals surface area contributed by atoms with Crippen molar-refractivity contribution < 1.29 is 22.9 Å². The number of nitrogens with zero attached hydrogens (tertiary/aromatic N) is 3. The maximum absolute atomic E-state index is 12.7. The van der Waals surface area contributed by atoms with Crippen LogP contribution in [0.2, 0.25) is 0 Å². The predicted octanol–water partition coefficient (Wildman–Crippen LogP) is 1.64. The molecular formula is C19H21N3O6S. The number of nitro benzene ring substituents is 1. The molecule has 2 aromatic rings. The van der Waals surface area contributed by atoms with Crippen LogP contribution in [0.5, 0.6) is 0 Å². The second kappa shape index (κ2) is 9.12. The second-order valence-electron chi connectivity index (χ2n) is 6.52. The number of sulfonamides is 1. The van der Waals surface area contributed by atoms with Crippen LogP contribution in [0.4, 0.5) is 5.69 Å². The second-order valence-corrected chi connectivity index (χ2v) is 8.46. The SMILES string of the molecule is O=C(COCc1ccccc1)N1CCN(S(=O)(=O)c2cccc([N+](=O)[O-])c2)CC1. The van der Waals surface area contributed by atoms with E-state index in [0.29, 0.717) is 6.61 Å². The lowest BCUT2D eigenvalue weighted by atomic mass is 10.2. The fourth-order valence-corrected chi connectivity index (χ4v) is 4.47. The van der Waals surface area contributed by atoms with E-state index in [0.717, 1.165) is 11.6 Å². The molecule has 154 valence electrons. The van der Waals surface area contributed by atoms with Crippen LogP contribution in [0.15, 0.2) is 59.5 Å². The molecule has 0 radical (unpaired) electrons. The van der Waals surface area contributed by atoms with Gasteiger partial charge in [0.2, 0.25) is 15.9 Å². The van der Waals surface area contributed by atoms with Crippen molar-refractivity contribution in [1.29, 1.82) is 0 Å².